The molecule has 0 bridgehead atoms. The van der Waals surface area contributed by atoms with E-state index < -0.39 is 0 Å². The van der Waals surface area contributed by atoms with Gasteiger partial charge in [-0.15, -0.1) is 0 Å². The third-order valence-electron chi connectivity index (χ3n) is 3.64. The molecule has 6 heteroatoms. The number of carbonyl (C=O) groups excluding carboxylic acids is 1. The molecule has 0 saturated heterocycles. The van der Waals surface area contributed by atoms with Crippen LogP contribution < -0.4 is 9.54 Å². The fourth-order valence-electron chi connectivity index (χ4n) is 2.48. The number of nitrogens with zero attached hydrogens (tertiary/aromatic N) is 2. The minimum Gasteiger partial charge on any atom is -0.497 e. The highest BCUT2D eigenvalue weighted by atomic mass is 79.9. The van der Waals surface area contributed by atoms with Gasteiger partial charge in [0.15, 0.2) is 4.80 Å². The predicted molar refractivity (Wildman–Crippen MR) is 101 cm³/mol. The quantitative estimate of drug-likeness (QED) is 0.636. The molecule has 3 rings (SSSR count). The van der Waals surface area contributed by atoms with Crippen molar-refractivity contribution in [2.75, 3.05) is 7.11 Å². The molecular formula is C18H17BrN2O2S. The van der Waals surface area contributed by atoms with Crippen LogP contribution >= 0.6 is 27.3 Å². The van der Waals surface area contributed by atoms with Crippen molar-refractivity contribution in [3.05, 3.63) is 57.3 Å². The Hall–Kier alpha value is -1.92. The van der Waals surface area contributed by atoms with Gasteiger partial charge < -0.3 is 9.30 Å². The van der Waals surface area contributed by atoms with Gasteiger partial charge in [0.1, 0.15) is 5.75 Å². The minimum absolute atomic E-state index is 0.245. The summed E-state index contributed by atoms with van der Waals surface area (Å²) < 4.78 is 9.24. The lowest BCUT2D eigenvalue weighted by molar-refractivity contribution is 0.0997. The van der Waals surface area contributed by atoms with Gasteiger partial charge in [-0.05, 0) is 46.6 Å². The van der Waals surface area contributed by atoms with E-state index >= 15 is 0 Å². The van der Waals surface area contributed by atoms with Gasteiger partial charge in [0.2, 0.25) is 0 Å². The number of methoxy groups -OCH3 is 1. The molecule has 124 valence electrons. The molecule has 0 spiro atoms. The molecule has 0 radical (unpaired) electrons. The number of aromatic nitrogens is 1. The highest BCUT2D eigenvalue weighted by Crippen LogP contribution is 2.23. The normalized spacial score (nSPS) is 11.9. The highest BCUT2D eigenvalue weighted by Gasteiger charge is 2.11. The summed E-state index contributed by atoms with van der Waals surface area (Å²) >= 11 is 4.93. The molecule has 0 N–H and O–H groups in total. The summed E-state index contributed by atoms with van der Waals surface area (Å²) in [5, 5.41) is 0. The Morgan fingerprint density at radius 1 is 1.29 bits per heavy atom. The summed E-state index contributed by atoms with van der Waals surface area (Å²) in [6.07, 6.45) is 0.958. The van der Waals surface area contributed by atoms with E-state index in [4.69, 9.17) is 4.74 Å². The molecule has 0 aliphatic heterocycles. The van der Waals surface area contributed by atoms with Gasteiger partial charge in [0, 0.05) is 17.1 Å². The van der Waals surface area contributed by atoms with E-state index in [9.17, 15) is 4.79 Å². The molecule has 4 nitrogen and oxygen atoms in total. The van der Waals surface area contributed by atoms with Crippen LogP contribution in [0.4, 0.5) is 0 Å². The second-order valence-electron chi connectivity index (χ2n) is 5.27. The lowest BCUT2D eigenvalue weighted by Gasteiger charge is -2.04. The monoisotopic (exact) mass is 404 g/mol. The summed E-state index contributed by atoms with van der Waals surface area (Å²) in [6, 6.07) is 13.3. The molecule has 0 fully saturated rings. The maximum Gasteiger partial charge on any atom is 0.280 e. The number of halogens is 1. The molecule has 0 atom stereocenters. The van der Waals surface area contributed by atoms with Crippen molar-refractivity contribution in [2.45, 2.75) is 19.9 Å². The molecule has 1 amide bonds. The largest absolute Gasteiger partial charge is 0.497 e. The third kappa shape index (κ3) is 3.30. The zero-order valence-electron chi connectivity index (χ0n) is 13.5. The third-order valence-corrected chi connectivity index (χ3v) is 5.39. The van der Waals surface area contributed by atoms with Gasteiger partial charge in [0.05, 0.1) is 22.9 Å². The number of ether oxygens (including phenoxy) is 1. The van der Waals surface area contributed by atoms with Crippen LogP contribution in [0.25, 0.3) is 10.2 Å². The zero-order chi connectivity index (χ0) is 17.1. The number of aryl methyl sites for hydroxylation is 1. The average Bonchev–Trinajstić information content (AvgIpc) is 2.92. The second-order valence-corrected chi connectivity index (χ2v) is 7.13. The van der Waals surface area contributed by atoms with Crippen LogP contribution in [-0.2, 0) is 6.54 Å². The lowest BCUT2D eigenvalue weighted by atomic mass is 10.2. The van der Waals surface area contributed by atoms with Crippen molar-refractivity contribution in [2.24, 2.45) is 4.99 Å². The molecule has 1 aromatic heterocycles. The van der Waals surface area contributed by atoms with Crippen LogP contribution in [-0.4, -0.2) is 17.6 Å². The number of amides is 1. The first-order valence-electron chi connectivity index (χ1n) is 7.65. The van der Waals surface area contributed by atoms with Crippen LogP contribution in [0.15, 0.2) is 51.9 Å². The van der Waals surface area contributed by atoms with E-state index in [2.05, 4.69) is 32.4 Å². The SMILES string of the molecule is CCCn1c(=NC(=O)c2ccccc2Br)sc2ccc(OC)cc21. The zero-order valence-corrected chi connectivity index (χ0v) is 15.9. The van der Waals surface area contributed by atoms with Crippen molar-refractivity contribution in [3.8, 4) is 5.75 Å². The number of hydrogen-bond donors (Lipinski definition) is 0. The molecule has 1 heterocycles. The highest BCUT2D eigenvalue weighted by molar-refractivity contribution is 9.10. The second kappa shape index (κ2) is 7.32. The van der Waals surface area contributed by atoms with Crippen LogP contribution in [0.2, 0.25) is 0 Å². The summed E-state index contributed by atoms with van der Waals surface area (Å²) in [7, 11) is 1.65. The van der Waals surface area contributed by atoms with E-state index in [0.29, 0.717) is 10.4 Å². The van der Waals surface area contributed by atoms with Gasteiger partial charge in [-0.1, -0.05) is 30.4 Å². The first-order chi connectivity index (χ1) is 11.6. The molecule has 0 unspecified atom stereocenters. The van der Waals surface area contributed by atoms with Gasteiger partial charge in [-0.3, -0.25) is 4.79 Å². The minimum atomic E-state index is -0.245. The van der Waals surface area contributed by atoms with Crippen LogP contribution in [0.3, 0.4) is 0 Å². The summed E-state index contributed by atoms with van der Waals surface area (Å²) in [5.41, 5.74) is 1.61. The molecule has 0 aliphatic rings. The van der Waals surface area contributed by atoms with E-state index in [1.807, 2.05) is 36.4 Å². The maximum atomic E-state index is 12.6. The average molecular weight is 405 g/mol. The van der Waals surface area contributed by atoms with E-state index in [1.165, 1.54) is 11.3 Å². The first kappa shape index (κ1) is 16.9. The fourth-order valence-corrected chi connectivity index (χ4v) is 3.97. The first-order valence-corrected chi connectivity index (χ1v) is 9.26. The van der Waals surface area contributed by atoms with Crippen molar-refractivity contribution in [1.82, 2.24) is 4.57 Å². The van der Waals surface area contributed by atoms with Crippen molar-refractivity contribution < 1.29 is 9.53 Å². The van der Waals surface area contributed by atoms with E-state index in [1.54, 1.807) is 13.2 Å². The molecule has 2 aromatic carbocycles. The standard InChI is InChI=1S/C18H17BrN2O2S/c1-3-10-21-15-11-12(23-2)8-9-16(15)24-18(21)20-17(22)13-6-4-5-7-14(13)19/h4-9,11H,3,10H2,1-2H3. The molecule has 24 heavy (non-hydrogen) atoms. The maximum absolute atomic E-state index is 12.6. The number of hydrogen-bond acceptors (Lipinski definition) is 3. The van der Waals surface area contributed by atoms with Crippen LogP contribution in [0, 0.1) is 0 Å². The number of fused-ring (bicyclic) bond motifs is 1. The van der Waals surface area contributed by atoms with Gasteiger partial charge >= 0.3 is 0 Å². The van der Waals surface area contributed by atoms with Crippen LogP contribution in [0.1, 0.15) is 23.7 Å². The Morgan fingerprint density at radius 2 is 2.08 bits per heavy atom. The van der Waals surface area contributed by atoms with Crippen molar-refractivity contribution >= 4 is 43.4 Å². The number of rotatable bonds is 4. The molecular weight excluding hydrogens is 388 g/mol. The Balaban J connectivity index is 2.16. The lowest BCUT2D eigenvalue weighted by Crippen LogP contribution is -2.17. The number of benzene rings is 2. The topological polar surface area (TPSA) is 43.6 Å². The Labute approximate surface area is 152 Å². The fraction of sp³-hybridized carbons (Fsp3) is 0.222. The Kier molecular flexibility index (Phi) is 5.16. The van der Waals surface area contributed by atoms with Gasteiger partial charge in [-0.25, -0.2) is 0 Å². The van der Waals surface area contributed by atoms with E-state index in [-0.39, 0.29) is 5.91 Å². The number of carbonyl (C=O) groups is 1. The van der Waals surface area contributed by atoms with Crippen molar-refractivity contribution in [1.29, 1.82) is 0 Å². The van der Waals surface area contributed by atoms with Crippen molar-refractivity contribution in [3.63, 3.8) is 0 Å². The summed E-state index contributed by atoms with van der Waals surface area (Å²) in [5.74, 6) is 0.555. The Morgan fingerprint density at radius 3 is 2.79 bits per heavy atom. The number of thiazole rings is 1. The predicted octanol–water partition coefficient (Wildman–Crippen LogP) is 4.63. The summed E-state index contributed by atoms with van der Waals surface area (Å²) in [6.45, 7) is 2.91. The Bertz CT molecular complexity index is 959. The molecule has 0 aliphatic carbocycles. The smallest absolute Gasteiger partial charge is 0.280 e. The van der Waals surface area contributed by atoms with E-state index in [0.717, 1.165) is 33.4 Å². The van der Waals surface area contributed by atoms with Gasteiger partial charge in [0.25, 0.3) is 5.91 Å². The van der Waals surface area contributed by atoms with Crippen LogP contribution in [0.5, 0.6) is 5.75 Å². The summed E-state index contributed by atoms with van der Waals surface area (Å²) in [4.78, 5) is 17.6. The molecule has 3 aromatic rings. The molecule has 0 saturated carbocycles. The van der Waals surface area contributed by atoms with Gasteiger partial charge in [-0.2, -0.15) is 4.99 Å².